The third-order valence-electron chi connectivity index (χ3n) is 3.48. The van der Waals surface area contributed by atoms with Crippen LogP contribution in [-0.4, -0.2) is 49.5 Å². The molecular weight excluding hydrogens is 246 g/mol. The van der Waals surface area contributed by atoms with E-state index in [4.69, 9.17) is 9.47 Å². The van der Waals surface area contributed by atoms with Gasteiger partial charge in [-0.05, 0) is 9.91 Å². The number of hydrogen-bond acceptors (Lipinski definition) is 8. The molecule has 0 aromatic carbocycles. The van der Waals surface area contributed by atoms with Gasteiger partial charge in [0, 0.05) is 11.5 Å². The SMILES string of the molecule is O=[N+]([O-])c1nc2n(n1)[C@H]1C[C@@](O)(N2)[C@@H]2OC[C@@H]1O2. The molecule has 0 unspecified atom stereocenters. The minimum absolute atomic E-state index is 0.171. The zero-order chi connectivity index (χ0) is 12.5. The Morgan fingerprint density at radius 3 is 3.28 bits per heavy atom. The first-order chi connectivity index (χ1) is 8.57. The Kier molecular flexibility index (Phi) is 1.68. The molecule has 3 aliphatic rings. The van der Waals surface area contributed by atoms with Crippen molar-refractivity contribution >= 4 is 11.9 Å². The van der Waals surface area contributed by atoms with Gasteiger partial charge in [-0.15, -0.1) is 4.68 Å². The molecule has 1 aromatic rings. The van der Waals surface area contributed by atoms with E-state index in [1.165, 1.54) is 4.68 Å². The van der Waals surface area contributed by atoms with E-state index < -0.39 is 22.9 Å². The average molecular weight is 255 g/mol. The molecule has 2 saturated heterocycles. The number of nitro groups is 1. The lowest BCUT2D eigenvalue weighted by Crippen LogP contribution is -2.58. The zero-order valence-electron chi connectivity index (χ0n) is 9.02. The summed E-state index contributed by atoms with van der Waals surface area (Å²) in [5.41, 5.74) is -1.41. The van der Waals surface area contributed by atoms with Crippen LogP contribution in [0.5, 0.6) is 0 Å². The molecule has 1 aromatic heterocycles. The van der Waals surface area contributed by atoms with Gasteiger partial charge in [0.15, 0.2) is 5.72 Å². The van der Waals surface area contributed by atoms with E-state index in [0.29, 0.717) is 13.0 Å². The zero-order valence-corrected chi connectivity index (χ0v) is 9.02. The summed E-state index contributed by atoms with van der Waals surface area (Å²) in [6.07, 6.45) is -0.726. The highest BCUT2D eigenvalue weighted by molar-refractivity contribution is 5.37. The third kappa shape index (κ3) is 1.11. The lowest BCUT2D eigenvalue weighted by Gasteiger charge is -2.42. The van der Waals surface area contributed by atoms with Crippen molar-refractivity contribution in [3.05, 3.63) is 10.1 Å². The number of rotatable bonds is 1. The Bertz CT molecular complexity index is 546. The second-order valence-corrected chi connectivity index (χ2v) is 4.60. The van der Waals surface area contributed by atoms with Crippen molar-refractivity contribution < 1.29 is 19.5 Å². The summed E-state index contributed by atoms with van der Waals surface area (Å²) in [7, 11) is 0. The maximum Gasteiger partial charge on any atom is 0.493 e. The van der Waals surface area contributed by atoms with Crippen LogP contribution in [0, 0.1) is 10.1 Å². The van der Waals surface area contributed by atoms with Gasteiger partial charge in [-0.1, -0.05) is 0 Å². The number of nitrogens with zero attached hydrogens (tertiary/aromatic N) is 4. The molecule has 4 atom stereocenters. The van der Waals surface area contributed by atoms with Crippen LogP contribution >= 0.6 is 0 Å². The predicted octanol–water partition coefficient (Wildman–Crippen LogP) is -1.01. The van der Waals surface area contributed by atoms with Gasteiger partial charge >= 0.3 is 11.9 Å². The molecule has 4 heterocycles. The van der Waals surface area contributed by atoms with E-state index in [1.54, 1.807) is 0 Å². The van der Waals surface area contributed by atoms with Crippen LogP contribution in [0.2, 0.25) is 0 Å². The minimum atomic E-state index is -1.41. The highest BCUT2D eigenvalue weighted by Crippen LogP contribution is 2.45. The lowest BCUT2D eigenvalue weighted by atomic mass is 9.95. The fraction of sp³-hybridized carbons (Fsp3) is 0.750. The monoisotopic (exact) mass is 255 g/mol. The number of fused-ring (bicyclic) bond motifs is 8. The van der Waals surface area contributed by atoms with Gasteiger partial charge in [0.05, 0.1) is 6.61 Å². The molecule has 4 rings (SSSR count). The minimum Gasteiger partial charge on any atom is -0.390 e. The Labute approximate surface area is 99.7 Å². The largest absolute Gasteiger partial charge is 0.493 e. The molecule has 0 spiro atoms. The standard InChI is InChI=1S/C8H9N5O5/c14-8-1-3(4-2-17-5(8)18-4)12-6(10-8)9-7(11-12)13(15)16/h3-5,14H,1-2H2,(H,9,10,11)/t3-,4-,5+,8-/m0/s1. The number of aromatic nitrogens is 3. The van der Waals surface area contributed by atoms with E-state index in [1.807, 2.05) is 0 Å². The van der Waals surface area contributed by atoms with Crippen molar-refractivity contribution in [2.75, 3.05) is 11.9 Å². The summed E-state index contributed by atoms with van der Waals surface area (Å²) < 4.78 is 12.2. The molecule has 0 saturated carbocycles. The average Bonchev–Trinajstić information content (AvgIpc) is 2.90. The topological polar surface area (TPSA) is 125 Å². The van der Waals surface area contributed by atoms with Crippen LogP contribution < -0.4 is 5.32 Å². The van der Waals surface area contributed by atoms with Gasteiger partial charge in [-0.25, -0.2) is 0 Å². The molecule has 18 heavy (non-hydrogen) atoms. The Morgan fingerprint density at radius 1 is 1.67 bits per heavy atom. The molecule has 0 amide bonds. The normalized spacial score (nSPS) is 40.2. The van der Waals surface area contributed by atoms with E-state index in [9.17, 15) is 15.2 Å². The maximum atomic E-state index is 10.7. The van der Waals surface area contributed by atoms with E-state index in [-0.39, 0.29) is 18.1 Å². The van der Waals surface area contributed by atoms with Crippen LogP contribution in [-0.2, 0) is 9.47 Å². The maximum absolute atomic E-state index is 10.7. The molecule has 2 fully saturated rings. The van der Waals surface area contributed by atoms with Gasteiger partial charge in [0.2, 0.25) is 6.29 Å². The highest BCUT2D eigenvalue weighted by atomic mass is 16.7. The first-order valence-electron chi connectivity index (χ1n) is 5.45. The number of hydrogen-bond donors (Lipinski definition) is 2. The molecule has 0 aliphatic carbocycles. The van der Waals surface area contributed by atoms with E-state index in [0.717, 1.165) is 0 Å². The Morgan fingerprint density at radius 2 is 2.50 bits per heavy atom. The second kappa shape index (κ2) is 2.96. The smallest absolute Gasteiger partial charge is 0.390 e. The van der Waals surface area contributed by atoms with Crippen molar-refractivity contribution in [1.82, 2.24) is 14.8 Å². The van der Waals surface area contributed by atoms with Crippen LogP contribution in [0.15, 0.2) is 0 Å². The Hall–Kier alpha value is -1.78. The van der Waals surface area contributed by atoms with Gasteiger partial charge < -0.3 is 30.0 Å². The summed E-state index contributed by atoms with van der Waals surface area (Å²) in [5, 5.41) is 27.6. The van der Waals surface area contributed by atoms with Crippen molar-refractivity contribution in [3.63, 3.8) is 0 Å². The van der Waals surface area contributed by atoms with Crippen molar-refractivity contribution in [3.8, 4) is 0 Å². The van der Waals surface area contributed by atoms with Gasteiger partial charge in [0.25, 0.3) is 0 Å². The first-order valence-corrected chi connectivity index (χ1v) is 5.45. The molecule has 4 bridgehead atoms. The fourth-order valence-electron chi connectivity index (χ4n) is 2.67. The van der Waals surface area contributed by atoms with Crippen LogP contribution in [0.3, 0.4) is 0 Å². The van der Waals surface area contributed by atoms with Crippen molar-refractivity contribution in [1.29, 1.82) is 0 Å². The van der Waals surface area contributed by atoms with Gasteiger partial charge in [-0.2, -0.15) is 0 Å². The summed E-state index contributed by atoms with van der Waals surface area (Å²) >= 11 is 0. The third-order valence-corrected chi connectivity index (χ3v) is 3.48. The summed E-state index contributed by atoms with van der Waals surface area (Å²) in [5.74, 6) is -0.324. The summed E-state index contributed by atoms with van der Waals surface area (Å²) in [6, 6.07) is -0.314. The molecule has 96 valence electrons. The van der Waals surface area contributed by atoms with E-state index >= 15 is 0 Å². The van der Waals surface area contributed by atoms with Gasteiger partial charge in [0.1, 0.15) is 12.1 Å². The van der Waals surface area contributed by atoms with Crippen LogP contribution in [0.4, 0.5) is 11.9 Å². The van der Waals surface area contributed by atoms with Crippen molar-refractivity contribution in [2.45, 2.75) is 30.6 Å². The first kappa shape index (κ1) is 10.2. The van der Waals surface area contributed by atoms with Crippen LogP contribution in [0.25, 0.3) is 0 Å². The fourth-order valence-corrected chi connectivity index (χ4v) is 2.67. The molecule has 10 nitrogen and oxygen atoms in total. The number of ether oxygens (including phenoxy) is 2. The van der Waals surface area contributed by atoms with Crippen LogP contribution in [0.1, 0.15) is 12.5 Å². The Balaban J connectivity index is 1.84. The quantitative estimate of drug-likeness (QED) is 0.483. The van der Waals surface area contributed by atoms with Gasteiger partial charge in [-0.3, -0.25) is 0 Å². The molecular formula is C8H9N5O5. The predicted molar refractivity (Wildman–Crippen MR) is 53.5 cm³/mol. The molecule has 0 radical (unpaired) electrons. The second-order valence-electron chi connectivity index (χ2n) is 4.60. The van der Waals surface area contributed by atoms with E-state index in [2.05, 4.69) is 15.4 Å². The lowest BCUT2D eigenvalue weighted by molar-refractivity contribution is -0.394. The highest BCUT2D eigenvalue weighted by Gasteiger charge is 2.59. The summed E-state index contributed by atoms with van der Waals surface area (Å²) in [4.78, 5) is 13.7. The summed E-state index contributed by atoms with van der Waals surface area (Å²) in [6.45, 7) is 0.326. The molecule has 2 N–H and O–H groups in total. The number of nitrogens with one attached hydrogen (secondary N) is 1. The molecule has 10 heteroatoms. The number of aliphatic hydroxyl groups is 1. The number of anilines is 1. The van der Waals surface area contributed by atoms with Crippen molar-refractivity contribution in [2.24, 2.45) is 0 Å². The molecule has 3 aliphatic heterocycles.